The lowest BCUT2D eigenvalue weighted by atomic mass is 10.1. The number of nitrogens with zero attached hydrogens (tertiary/aromatic N) is 2. The van der Waals surface area contributed by atoms with E-state index in [4.69, 9.17) is 17.3 Å². The summed E-state index contributed by atoms with van der Waals surface area (Å²) < 4.78 is 1.86. The molecule has 0 aliphatic carbocycles. The van der Waals surface area contributed by atoms with E-state index in [2.05, 4.69) is 18.9 Å². The summed E-state index contributed by atoms with van der Waals surface area (Å²) in [6.45, 7) is 4.14. The number of nitrogen functional groups attached to an aromatic ring is 1. The fourth-order valence-electron chi connectivity index (χ4n) is 1.50. The Labute approximate surface area is 99.8 Å². The summed E-state index contributed by atoms with van der Waals surface area (Å²) in [5.74, 6) is 0. The maximum absolute atomic E-state index is 5.93. The van der Waals surface area contributed by atoms with Crippen molar-refractivity contribution in [3.63, 3.8) is 0 Å². The first-order valence-electron chi connectivity index (χ1n) is 5.18. The molecule has 0 aliphatic rings. The Kier molecular flexibility index (Phi) is 2.88. The lowest BCUT2D eigenvalue weighted by Crippen LogP contribution is -2.00. The van der Waals surface area contributed by atoms with Crippen molar-refractivity contribution in [3.05, 3.63) is 35.5 Å². The SMILES string of the molecule is CC(C)n1cc(N)c(-c2ccc(Cl)cc2)n1. The number of benzene rings is 1. The standard InChI is InChI=1S/C12H14ClN3/c1-8(2)16-7-11(14)12(15-16)9-3-5-10(13)6-4-9/h3-8H,14H2,1-2H3. The summed E-state index contributed by atoms with van der Waals surface area (Å²) in [4.78, 5) is 0. The van der Waals surface area contributed by atoms with Crippen LogP contribution in [0.15, 0.2) is 30.5 Å². The van der Waals surface area contributed by atoms with Gasteiger partial charge >= 0.3 is 0 Å². The average molecular weight is 236 g/mol. The quantitative estimate of drug-likeness (QED) is 0.868. The van der Waals surface area contributed by atoms with Crippen LogP contribution in [0.4, 0.5) is 5.69 Å². The van der Waals surface area contributed by atoms with Crippen LogP contribution in [0.1, 0.15) is 19.9 Å². The molecule has 2 N–H and O–H groups in total. The molecule has 0 fully saturated rings. The molecule has 2 aromatic rings. The first kappa shape index (κ1) is 11.0. The Morgan fingerprint density at radius 3 is 2.38 bits per heavy atom. The van der Waals surface area contributed by atoms with Crippen molar-refractivity contribution in [1.82, 2.24) is 9.78 Å². The molecule has 16 heavy (non-hydrogen) atoms. The van der Waals surface area contributed by atoms with Gasteiger partial charge in [-0.2, -0.15) is 5.10 Å². The molecule has 0 radical (unpaired) electrons. The van der Waals surface area contributed by atoms with Crippen LogP contribution >= 0.6 is 11.6 Å². The predicted molar refractivity (Wildman–Crippen MR) is 67.5 cm³/mol. The van der Waals surface area contributed by atoms with Crippen LogP contribution in [0.2, 0.25) is 5.02 Å². The van der Waals surface area contributed by atoms with Gasteiger partial charge in [0.15, 0.2) is 0 Å². The van der Waals surface area contributed by atoms with Gasteiger partial charge < -0.3 is 5.73 Å². The zero-order valence-corrected chi connectivity index (χ0v) is 10.1. The highest BCUT2D eigenvalue weighted by molar-refractivity contribution is 6.30. The summed E-state index contributed by atoms with van der Waals surface area (Å²) in [5.41, 5.74) is 8.42. The van der Waals surface area contributed by atoms with Gasteiger partial charge in [-0.1, -0.05) is 23.7 Å². The normalized spacial score (nSPS) is 11.0. The van der Waals surface area contributed by atoms with Crippen LogP contribution in [0.3, 0.4) is 0 Å². The molecule has 0 saturated heterocycles. The van der Waals surface area contributed by atoms with Crippen LogP contribution < -0.4 is 5.73 Å². The third-order valence-corrected chi connectivity index (χ3v) is 2.66. The number of anilines is 1. The molecular formula is C12H14ClN3. The van der Waals surface area contributed by atoms with Crippen molar-refractivity contribution in [2.24, 2.45) is 0 Å². The zero-order chi connectivity index (χ0) is 11.7. The summed E-state index contributed by atoms with van der Waals surface area (Å²) in [6, 6.07) is 7.83. The van der Waals surface area contributed by atoms with Gasteiger partial charge in [-0.25, -0.2) is 0 Å². The summed E-state index contributed by atoms with van der Waals surface area (Å²) >= 11 is 5.84. The predicted octanol–water partition coefficient (Wildman–Crippen LogP) is 3.37. The van der Waals surface area contributed by atoms with Gasteiger partial charge in [-0.15, -0.1) is 0 Å². The van der Waals surface area contributed by atoms with Crippen molar-refractivity contribution in [3.8, 4) is 11.3 Å². The minimum atomic E-state index is 0.309. The highest BCUT2D eigenvalue weighted by Crippen LogP contribution is 2.26. The lowest BCUT2D eigenvalue weighted by Gasteiger charge is -2.03. The van der Waals surface area contributed by atoms with Gasteiger partial charge in [0.25, 0.3) is 0 Å². The third kappa shape index (κ3) is 2.04. The molecule has 3 nitrogen and oxygen atoms in total. The molecule has 0 spiro atoms. The number of hydrogen-bond acceptors (Lipinski definition) is 2. The van der Waals surface area contributed by atoms with Gasteiger partial charge in [0.05, 0.1) is 5.69 Å². The van der Waals surface area contributed by atoms with Crippen LogP contribution in [-0.2, 0) is 0 Å². The van der Waals surface area contributed by atoms with E-state index < -0.39 is 0 Å². The number of nitrogens with two attached hydrogens (primary N) is 1. The van der Waals surface area contributed by atoms with E-state index in [1.165, 1.54) is 0 Å². The van der Waals surface area contributed by atoms with Crippen molar-refractivity contribution in [2.75, 3.05) is 5.73 Å². The van der Waals surface area contributed by atoms with Gasteiger partial charge in [-0.05, 0) is 26.0 Å². The highest BCUT2D eigenvalue weighted by atomic mass is 35.5. The molecule has 0 amide bonds. The second kappa shape index (κ2) is 4.18. The molecule has 4 heteroatoms. The Bertz CT molecular complexity index is 485. The van der Waals surface area contributed by atoms with Crippen molar-refractivity contribution in [2.45, 2.75) is 19.9 Å². The number of rotatable bonds is 2. The fourth-order valence-corrected chi connectivity index (χ4v) is 1.63. The topological polar surface area (TPSA) is 43.8 Å². The molecule has 84 valence electrons. The average Bonchev–Trinajstić information content (AvgIpc) is 2.62. The maximum Gasteiger partial charge on any atom is 0.115 e. The van der Waals surface area contributed by atoms with E-state index in [0.29, 0.717) is 16.8 Å². The minimum absolute atomic E-state index is 0.309. The third-order valence-electron chi connectivity index (χ3n) is 2.41. The van der Waals surface area contributed by atoms with E-state index in [0.717, 1.165) is 11.3 Å². The summed E-state index contributed by atoms with van der Waals surface area (Å²) in [6.07, 6.45) is 1.86. The number of hydrogen-bond donors (Lipinski definition) is 1. The van der Waals surface area contributed by atoms with E-state index in [-0.39, 0.29) is 0 Å². The van der Waals surface area contributed by atoms with E-state index in [1.54, 1.807) is 0 Å². The fraction of sp³-hybridized carbons (Fsp3) is 0.250. The van der Waals surface area contributed by atoms with E-state index in [9.17, 15) is 0 Å². The van der Waals surface area contributed by atoms with Crippen molar-refractivity contribution >= 4 is 17.3 Å². The Hall–Kier alpha value is -1.48. The Morgan fingerprint density at radius 1 is 1.25 bits per heavy atom. The minimum Gasteiger partial charge on any atom is -0.396 e. The van der Waals surface area contributed by atoms with Gasteiger partial charge in [-0.3, -0.25) is 4.68 Å². The molecule has 0 atom stereocenters. The largest absolute Gasteiger partial charge is 0.396 e. The van der Waals surface area contributed by atoms with Crippen LogP contribution in [0.25, 0.3) is 11.3 Å². The van der Waals surface area contributed by atoms with Crippen molar-refractivity contribution in [1.29, 1.82) is 0 Å². The number of halogens is 1. The molecule has 1 aromatic heterocycles. The molecule has 0 unspecified atom stereocenters. The lowest BCUT2D eigenvalue weighted by molar-refractivity contribution is 0.534. The van der Waals surface area contributed by atoms with Gasteiger partial charge in [0.1, 0.15) is 5.69 Å². The van der Waals surface area contributed by atoms with Crippen LogP contribution in [0.5, 0.6) is 0 Å². The van der Waals surface area contributed by atoms with Crippen LogP contribution in [0, 0.1) is 0 Å². The van der Waals surface area contributed by atoms with Gasteiger partial charge in [0, 0.05) is 22.8 Å². The zero-order valence-electron chi connectivity index (χ0n) is 9.31. The van der Waals surface area contributed by atoms with E-state index >= 15 is 0 Å². The monoisotopic (exact) mass is 235 g/mol. The first-order chi connectivity index (χ1) is 7.58. The molecule has 1 heterocycles. The molecule has 2 rings (SSSR count). The molecule has 1 aromatic carbocycles. The molecule has 0 aliphatic heterocycles. The first-order valence-corrected chi connectivity index (χ1v) is 5.56. The maximum atomic E-state index is 5.93. The molecular weight excluding hydrogens is 222 g/mol. The van der Waals surface area contributed by atoms with Gasteiger partial charge in [0.2, 0.25) is 0 Å². The van der Waals surface area contributed by atoms with E-state index in [1.807, 2.05) is 35.1 Å². The summed E-state index contributed by atoms with van der Waals surface area (Å²) in [5, 5.41) is 5.17. The highest BCUT2D eigenvalue weighted by Gasteiger charge is 2.09. The molecule has 0 saturated carbocycles. The number of aromatic nitrogens is 2. The Morgan fingerprint density at radius 2 is 1.88 bits per heavy atom. The second-order valence-corrected chi connectivity index (χ2v) is 4.45. The molecule has 0 bridgehead atoms. The van der Waals surface area contributed by atoms with Crippen LogP contribution in [-0.4, -0.2) is 9.78 Å². The Balaban J connectivity index is 2.44. The smallest absolute Gasteiger partial charge is 0.115 e. The summed E-state index contributed by atoms with van der Waals surface area (Å²) in [7, 11) is 0. The van der Waals surface area contributed by atoms with Crippen molar-refractivity contribution < 1.29 is 0 Å². The second-order valence-electron chi connectivity index (χ2n) is 4.01.